The molecule has 1 N–H and O–H groups in total. The number of nitrogens with zero attached hydrogens (tertiary/aromatic N) is 1. The van der Waals surface area contributed by atoms with Crippen molar-refractivity contribution in [3.63, 3.8) is 0 Å². The van der Waals surface area contributed by atoms with Crippen LogP contribution in [-0.4, -0.2) is 23.1 Å². The summed E-state index contributed by atoms with van der Waals surface area (Å²) in [5, 5.41) is 20.0. The molecule has 0 atom stereocenters. The van der Waals surface area contributed by atoms with Crippen LogP contribution in [0.2, 0.25) is 0 Å². The van der Waals surface area contributed by atoms with Crippen LogP contribution < -0.4 is 0 Å². The van der Waals surface area contributed by atoms with Crippen LogP contribution in [0.1, 0.15) is 5.56 Å². The van der Waals surface area contributed by atoms with E-state index in [0.29, 0.717) is 0 Å². The van der Waals surface area contributed by atoms with E-state index >= 15 is 0 Å². The van der Waals surface area contributed by atoms with Gasteiger partial charge in [-0.15, -0.1) is 0 Å². The fourth-order valence-electron chi connectivity index (χ4n) is 1.06. The van der Waals surface area contributed by atoms with Crippen molar-refractivity contribution in [3.8, 4) is 5.75 Å². The molecule has 0 heterocycles. The Morgan fingerprint density at radius 2 is 2.25 bits per heavy atom. The number of hydrogen-bond acceptors (Lipinski definition) is 5. The van der Waals surface area contributed by atoms with Crippen LogP contribution >= 0.6 is 0 Å². The van der Waals surface area contributed by atoms with Crippen LogP contribution in [0.5, 0.6) is 5.75 Å². The maximum Gasteiger partial charge on any atom is 0.330 e. The number of carbonyl (C=O) groups is 1. The summed E-state index contributed by atoms with van der Waals surface area (Å²) in [7, 11) is 1.21. The number of nitro benzene ring substituents is 1. The largest absolute Gasteiger partial charge is 0.502 e. The van der Waals surface area contributed by atoms with E-state index in [1.165, 1.54) is 31.4 Å². The van der Waals surface area contributed by atoms with Crippen molar-refractivity contribution >= 4 is 17.7 Å². The predicted octanol–water partition coefficient (Wildman–Crippen LogP) is 1.49. The van der Waals surface area contributed by atoms with Gasteiger partial charge in [0.1, 0.15) is 0 Å². The number of hydrogen-bond donors (Lipinski definition) is 1. The van der Waals surface area contributed by atoms with E-state index < -0.39 is 22.3 Å². The van der Waals surface area contributed by atoms with Crippen molar-refractivity contribution in [1.29, 1.82) is 0 Å². The molecule has 16 heavy (non-hydrogen) atoms. The first kappa shape index (κ1) is 11.7. The summed E-state index contributed by atoms with van der Waals surface area (Å²) in [6.07, 6.45) is 2.31. The normalized spacial score (nSPS) is 10.3. The topological polar surface area (TPSA) is 89.7 Å². The van der Waals surface area contributed by atoms with Gasteiger partial charge in [-0.1, -0.05) is 12.1 Å². The van der Waals surface area contributed by atoms with E-state index in [2.05, 4.69) is 4.74 Å². The van der Waals surface area contributed by atoms with E-state index in [1.54, 1.807) is 0 Å². The van der Waals surface area contributed by atoms with Gasteiger partial charge in [-0.3, -0.25) is 10.1 Å². The Morgan fingerprint density at radius 1 is 1.56 bits per heavy atom. The summed E-state index contributed by atoms with van der Waals surface area (Å²) in [5.41, 5.74) is -0.230. The van der Waals surface area contributed by atoms with Crippen molar-refractivity contribution in [2.24, 2.45) is 0 Å². The third kappa shape index (κ3) is 2.57. The molecular formula is C10H9NO5. The maximum absolute atomic E-state index is 10.8. The van der Waals surface area contributed by atoms with Gasteiger partial charge in [0.25, 0.3) is 0 Å². The smallest absolute Gasteiger partial charge is 0.330 e. The molecule has 1 rings (SSSR count). The Hall–Kier alpha value is -2.37. The molecule has 0 aliphatic rings. The lowest BCUT2D eigenvalue weighted by Gasteiger charge is -1.99. The van der Waals surface area contributed by atoms with Crippen LogP contribution in [0.25, 0.3) is 6.08 Å². The lowest BCUT2D eigenvalue weighted by Crippen LogP contribution is -1.94. The number of phenolic OH excluding ortho intramolecular Hbond substituents is 1. The summed E-state index contributed by atoms with van der Waals surface area (Å²) in [6, 6.07) is 4.03. The number of carbonyl (C=O) groups excluding carboxylic acids is 1. The summed E-state index contributed by atoms with van der Waals surface area (Å²) in [4.78, 5) is 20.6. The summed E-state index contributed by atoms with van der Waals surface area (Å²) in [6.45, 7) is 0. The summed E-state index contributed by atoms with van der Waals surface area (Å²) < 4.78 is 4.35. The van der Waals surface area contributed by atoms with E-state index in [4.69, 9.17) is 0 Å². The molecule has 0 saturated carbocycles. The highest BCUT2D eigenvalue weighted by Gasteiger charge is 2.14. The Bertz CT molecular complexity index is 453. The van der Waals surface area contributed by atoms with Crippen molar-refractivity contribution in [3.05, 3.63) is 40.0 Å². The number of methoxy groups -OCH3 is 1. The molecular weight excluding hydrogens is 214 g/mol. The second-order valence-corrected chi connectivity index (χ2v) is 2.83. The van der Waals surface area contributed by atoms with E-state index in [1.807, 2.05) is 0 Å². The predicted molar refractivity (Wildman–Crippen MR) is 55.8 cm³/mol. The molecule has 84 valence electrons. The SMILES string of the molecule is COC(=O)C=Cc1cccc([N+](=O)[O-])c1O. The third-order valence-electron chi connectivity index (χ3n) is 1.84. The number of nitro groups is 1. The first-order valence-corrected chi connectivity index (χ1v) is 4.28. The molecule has 6 heteroatoms. The minimum atomic E-state index is -0.704. The molecule has 0 radical (unpaired) electrons. The molecule has 1 aromatic carbocycles. The summed E-state index contributed by atoms with van der Waals surface area (Å²) in [5.74, 6) is -1.08. The fraction of sp³-hybridized carbons (Fsp3) is 0.100. The monoisotopic (exact) mass is 223 g/mol. The van der Waals surface area contributed by atoms with Crippen molar-refractivity contribution < 1.29 is 19.6 Å². The second kappa shape index (κ2) is 4.92. The molecule has 0 amide bonds. The van der Waals surface area contributed by atoms with Crippen LogP contribution in [-0.2, 0) is 9.53 Å². The Balaban J connectivity index is 3.07. The van der Waals surface area contributed by atoms with Gasteiger partial charge in [-0.25, -0.2) is 4.79 Å². The first-order valence-electron chi connectivity index (χ1n) is 4.28. The van der Waals surface area contributed by atoms with Gasteiger partial charge >= 0.3 is 11.7 Å². The summed E-state index contributed by atoms with van der Waals surface area (Å²) >= 11 is 0. The number of esters is 1. The third-order valence-corrected chi connectivity index (χ3v) is 1.84. The van der Waals surface area contributed by atoms with Gasteiger partial charge in [-0.2, -0.15) is 0 Å². The average molecular weight is 223 g/mol. The zero-order chi connectivity index (χ0) is 12.1. The molecule has 0 aliphatic heterocycles. The Labute approximate surface area is 90.9 Å². The number of para-hydroxylation sites is 1. The minimum absolute atomic E-state index is 0.180. The highest BCUT2D eigenvalue weighted by Crippen LogP contribution is 2.29. The molecule has 1 aromatic rings. The molecule has 0 saturated heterocycles. The van der Waals surface area contributed by atoms with E-state index in [9.17, 15) is 20.0 Å². The molecule has 6 nitrogen and oxygen atoms in total. The number of rotatable bonds is 3. The second-order valence-electron chi connectivity index (χ2n) is 2.83. The van der Waals surface area contributed by atoms with Gasteiger partial charge < -0.3 is 9.84 Å². The number of phenols is 1. The first-order chi connectivity index (χ1) is 7.56. The van der Waals surface area contributed by atoms with Gasteiger partial charge in [0.15, 0.2) is 0 Å². The standard InChI is InChI=1S/C10H9NO5/c1-16-9(12)6-5-7-3-2-4-8(10(7)13)11(14)15/h2-6,13H,1H3. The lowest BCUT2D eigenvalue weighted by atomic mass is 10.1. The van der Waals surface area contributed by atoms with E-state index in [0.717, 1.165) is 6.08 Å². The molecule has 0 spiro atoms. The zero-order valence-corrected chi connectivity index (χ0v) is 8.41. The van der Waals surface area contributed by atoms with Crippen molar-refractivity contribution in [2.75, 3.05) is 7.11 Å². The van der Waals surface area contributed by atoms with Crippen molar-refractivity contribution in [2.45, 2.75) is 0 Å². The fourth-order valence-corrected chi connectivity index (χ4v) is 1.06. The van der Waals surface area contributed by atoms with E-state index in [-0.39, 0.29) is 5.56 Å². The number of benzene rings is 1. The number of aromatic hydroxyl groups is 1. The van der Waals surface area contributed by atoms with Gasteiger partial charge in [0.2, 0.25) is 5.75 Å². The van der Waals surface area contributed by atoms with Gasteiger partial charge in [0.05, 0.1) is 12.0 Å². The molecule has 0 bridgehead atoms. The van der Waals surface area contributed by atoms with Gasteiger partial charge in [0, 0.05) is 17.7 Å². The Kier molecular flexibility index (Phi) is 3.60. The van der Waals surface area contributed by atoms with Gasteiger partial charge in [-0.05, 0) is 6.08 Å². The molecule has 0 unspecified atom stereocenters. The highest BCUT2D eigenvalue weighted by molar-refractivity contribution is 5.87. The van der Waals surface area contributed by atoms with Crippen LogP contribution in [0, 0.1) is 10.1 Å². The highest BCUT2D eigenvalue weighted by atomic mass is 16.6. The molecule has 0 aliphatic carbocycles. The van der Waals surface area contributed by atoms with Crippen LogP contribution in [0.3, 0.4) is 0 Å². The average Bonchev–Trinajstić information content (AvgIpc) is 2.26. The maximum atomic E-state index is 10.8. The quantitative estimate of drug-likeness (QED) is 0.363. The van der Waals surface area contributed by atoms with Crippen LogP contribution in [0.4, 0.5) is 5.69 Å². The lowest BCUT2D eigenvalue weighted by molar-refractivity contribution is -0.385. The van der Waals surface area contributed by atoms with Crippen molar-refractivity contribution in [1.82, 2.24) is 0 Å². The Morgan fingerprint density at radius 3 is 2.81 bits per heavy atom. The zero-order valence-electron chi connectivity index (χ0n) is 8.41. The minimum Gasteiger partial charge on any atom is -0.502 e. The molecule has 0 fully saturated rings. The van der Waals surface area contributed by atoms with Crippen LogP contribution in [0.15, 0.2) is 24.3 Å². The number of ether oxygens (including phenoxy) is 1. The molecule has 0 aromatic heterocycles.